The molecule has 4 nitrogen and oxygen atoms in total. The summed E-state index contributed by atoms with van der Waals surface area (Å²) in [5.41, 5.74) is 2.75. The summed E-state index contributed by atoms with van der Waals surface area (Å²) < 4.78 is 0. The standard InChI is InChI=1S/C17H27N3O/c1-13(21)8-9-20(5)16-7-6-14(10-15(16)11-18)12-19-17(2,3)4/h6-7,10,13,19,21H,8-9,12H2,1-5H3. The Morgan fingerprint density at radius 2 is 2.05 bits per heavy atom. The van der Waals surface area contributed by atoms with Crippen LogP contribution in [0.3, 0.4) is 0 Å². The van der Waals surface area contributed by atoms with E-state index in [0.29, 0.717) is 12.0 Å². The van der Waals surface area contributed by atoms with Gasteiger partial charge >= 0.3 is 0 Å². The molecule has 21 heavy (non-hydrogen) atoms. The molecule has 0 bridgehead atoms. The first-order chi connectivity index (χ1) is 9.73. The Kier molecular flexibility index (Phi) is 6.19. The molecule has 0 aromatic heterocycles. The molecule has 1 unspecified atom stereocenters. The van der Waals surface area contributed by atoms with Gasteiger partial charge in [0.05, 0.1) is 17.4 Å². The molecular weight excluding hydrogens is 262 g/mol. The van der Waals surface area contributed by atoms with Crippen LogP contribution in [0.25, 0.3) is 0 Å². The molecular formula is C17H27N3O. The second-order valence-electron chi connectivity index (χ2n) is 6.63. The van der Waals surface area contributed by atoms with Crippen LogP contribution >= 0.6 is 0 Å². The average molecular weight is 289 g/mol. The molecule has 0 spiro atoms. The van der Waals surface area contributed by atoms with E-state index in [-0.39, 0.29) is 11.6 Å². The van der Waals surface area contributed by atoms with Gasteiger partial charge in [-0.2, -0.15) is 5.26 Å². The summed E-state index contributed by atoms with van der Waals surface area (Å²) in [5, 5.41) is 22.1. The Morgan fingerprint density at radius 3 is 2.57 bits per heavy atom. The fourth-order valence-electron chi connectivity index (χ4n) is 1.98. The monoisotopic (exact) mass is 289 g/mol. The summed E-state index contributed by atoms with van der Waals surface area (Å²) >= 11 is 0. The zero-order valence-electron chi connectivity index (χ0n) is 13.8. The average Bonchev–Trinajstić information content (AvgIpc) is 2.41. The van der Waals surface area contributed by atoms with E-state index < -0.39 is 0 Å². The highest BCUT2D eigenvalue weighted by Gasteiger charge is 2.12. The highest BCUT2D eigenvalue weighted by Crippen LogP contribution is 2.21. The van der Waals surface area contributed by atoms with Crippen molar-refractivity contribution in [2.45, 2.75) is 52.3 Å². The van der Waals surface area contributed by atoms with Crippen molar-refractivity contribution in [2.24, 2.45) is 0 Å². The van der Waals surface area contributed by atoms with E-state index in [1.165, 1.54) is 0 Å². The van der Waals surface area contributed by atoms with Crippen molar-refractivity contribution in [3.8, 4) is 6.07 Å². The van der Waals surface area contributed by atoms with Gasteiger partial charge in [0.25, 0.3) is 0 Å². The van der Waals surface area contributed by atoms with E-state index in [2.05, 4.69) is 32.2 Å². The van der Waals surface area contributed by atoms with Crippen molar-refractivity contribution in [2.75, 3.05) is 18.5 Å². The van der Waals surface area contributed by atoms with Gasteiger partial charge < -0.3 is 15.3 Å². The SMILES string of the molecule is CC(O)CCN(C)c1ccc(CNC(C)(C)C)cc1C#N. The second kappa shape index (κ2) is 7.44. The lowest BCUT2D eigenvalue weighted by Gasteiger charge is -2.23. The summed E-state index contributed by atoms with van der Waals surface area (Å²) in [6.45, 7) is 9.62. The van der Waals surface area contributed by atoms with Crippen LogP contribution in [0.15, 0.2) is 18.2 Å². The number of hydrogen-bond acceptors (Lipinski definition) is 4. The molecule has 0 fully saturated rings. The fraction of sp³-hybridized carbons (Fsp3) is 0.588. The third-order valence-electron chi connectivity index (χ3n) is 3.30. The Bertz CT molecular complexity index is 498. The van der Waals surface area contributed by atoms with Gasteiger partial charge in [-0.15, -0.1) is 0 Å². The number of hydrogen-bond donors (Lipinski definition) is 2. The highest BCUT2D eigenvalue weighted by atomic mass is 16.3. The molecule has 0 aliphatic heterocycles. The molecule has 0 aliphatic carbocycles. The van der Waals surface area contributed by atoms with Gasteiger partial charge in [0, 0.05) is 25.7 Å². The number of aliphatic hydroxyl groups is 1. The summed E-state index contributed by atoms with van der Waals surface area (Å²) in [6, 6.07) is 8.24. The van der Waals surface area contributed by atoms with Crippen LogP contribution in [0, 0.1) is 11.3 Å². The summed E-state index contributed by atoms with van der Waals surface area (Å²) in [7, 11) is 1.95. The molecule has 1 rings (SSSR count). The van der Waals surface area contributed by atoms with Crippen LogP contribution in [-0.4, -0.2) is 30.3 Å². The molecule has 1 aromatic rings. The Hall–Kier alpha value is -1.57. The lowest BCUT2D eigenvalue weighted by atomic mass is 10.1. The largest absolute Gasteiger partial charge is 0.393 e. The van der Waals surface area contributed by atoms with E-state index in [9.17, 15) is 10.4 Å². The molecule has 0 heterocycles. The van der Waals surface area contributed by atoms with Crippen LogP contribution in [-0.2, 0) is 6.54 Å². The Balaban J connectivity index is 2.82. The minimum absolute atomic E-state index is 0.0551. The molecule has 0 amide bonds. The van der Waals surface area contributed by atoms with Crippen molar-refractivity contribution >= 4 is 5.69 Å². The first-order valence-corrected chi connectivity index (χ1v) is 7.40. The Morgan fingerprint density at radius 1 is 1.38 bits per heavy atom. The van der Waals surface area contributed by atoms with Crippen molar-refractivity contribution in [1.82, 2.24) is 5.32 Å². The molecule has 1 aromatic carbocycles. The van der Waals surface area contributed by atoms with Crippen LogP contribution < -0.4 is 10.2 Å². The van der Waals surface area contributed by atoms with E-state index in [4.69, 9.17) is 0 Å². The van der Waals surface area contributed by atoms with Crippen LogP contribution in [0.4, 0.5) is 5.69 Å². The van der Waals surface area contributed by atoms with Gasteiger partial charge in [-0.1, -0.05) is 6.07 Å². The lowest BCUT2D eigenvalue weighted by molar-refractivity contribution is 0.187. The number of aliphatic hydroxyl groups excluding tert-OH is 1. The third kappa shape index (κ3) is 6.16. The smallest absolute Gasteiger partial charge is 0.101 e. The molecule has 0 saturated heterocycles. The second-order valence-corrected chi connectivity index (χ2v) is 6.63. The van der Waals surface area contributed by atoms with E-state index in [1.54, 1.807) is 6.92 Å². The number of nitriles is 1. The topological polar surface area (TPSA) is 59.3 Å². The van der Waals surface area contributed by atoms with Gasteiger partial charge in [0.1, 0.15) is 6.07 Å². The zero-order chi connectivity index (χ0) is 16.0. The van der Waals surface area contributed by atoms with Crippen molar-refractivity contribution in [3.05, 3.63) is 29.3 Å². The molecule has 4 heteroatoms. The maximum Gasteiger partial charge on any atom is 0.101 e. The van der Waals surface area contributed by atoms with Crippen molar-refractivity contribution in [1.29, 1.82) is 5.26 Å². The van der Waals surface area contributed by atoms with Gasteiger partial charge in [0.15, 0.2) is 0 Å². The predicted molar refractivity (Wildman–Crippen MR) is 87.3 cm³/mol. The molecule has 0 radical (unpaired) electrons. The van der Waals surface area contributed by atoms with Crippen LogP contribution in [0.5, 0.6) is 0 Å². The first-order valence-electron chi connectivity index (χ1n) is 7.40. The minimum atomic E-state index is -0.326. The zero-order valence-corrected chi connectivity index (χ0v) is 13.8. The first kappa shape index (κ1) is 17.5. The predicted octanol–water partition coefficient (Wildman–Crippen LogP) is 2.65. The van der Waals surface area contributed by atoms with Gasteiger partial charge in [-0.25, -0.2) is 0 Å². The van der Waals surface area contributed by atoms with Gasteiger partial charge in [-0.3, -0.25) is 0 Å². The lowest BCUT2D eigenvalue weighted by Crippen LogP contribution is -2.35. The van der Waals surface area contributed by atoms with E-state index >= 15 is 0 Å². The fourth-order valence-corrected chi connectivity index (χ4v) is 1.98. The van der Waals surface area contributed by atoms with E-state index in [1.807, 2.05) is 30.1 Å². The van der Waals surface area contributed by atoms with Gasteiger partial charge in [0.2, 0.25) is 0 Å². The highest BCUT2D eigenvalue weighted by molar-refractivity contribution is 5.60. The minimum Gasteiger partial charge on any atom is -0.393 e. The maximum atomic E-state index is 9.37. The Labute approximate surface area is 128 Å². The maximum absolute atomic E-state index is 9.37. The van der Waals surface area contributed by atoms with Gasteiger partial charge in [-0.05, 0) is 51.8 Å². The number of anilines is 1. The molecule has 0 saturated carbocycles. The van der Waals surface area contributed by atoms with Crippen LogP contribution in [0.1, 0.15) is 45.2 Å². The van der Waals surface area contributed by atoms with Crippen LogP contribution in [0.2, 0.25) is 0 Å². The summed E-state index contributed by atoms with van der Waals surface area (Å²) in [4.78, 5) is 2.02. The molecule has 1 atom stereocenters. The summed E-state index contributed by atoms with van der Waals surface area (Å²) in [6.07, 6.45) is 0.363. The molecule has 0 aliphatic rings. The third-order valence-corrected chi connectivity index (χ3v) is 3.30. The number of nitrogens with one attached hydrogen (secondary N) is 1. The van der Waals surface area contributed by atoms with Crippen molar-refractivity contribution in [3.63, 3.8) is 0 Å². The van der Waals surface area contributed by atoms with E-state index in [0.717, 1.165) is 24.3 Å². The summed E-state index contributed by atoms with van der Waals surface area (Å²) in [5.74, 6) is 0. The number of benzene rings is 1. The number of rotatable bonds is 6. The number of nitrogens with zero attached hydrogens (tertiary/aromatic N) is 2. The van der Waals surface area contributed by atoms with Crippen molar-refractivity contribution < 1.29 is 5.11 Å². The normalized spacial score (nSPS) is 12.8. The molecule has 116 valence electrons. The molecule has 2 N–H and O–H groups in total. The quantitative estimate of drug-likeness (QED) is 0.845.